The fraction of sp³-hybridized carbons (Fsp3) is 0.577. The zero-order chi connectivity index (χ0) is 24.3. The Kier molecular flexibility index (Phi) is 5.96. The number of hydrogen-bond donors (Lipinski definition) is 1. The quantitative estimate of drug-likeness (QED) is 0.629. The molecule has 182 valence electrons. The Hall–Kier alpha value is -2.06. The van der Waals surface area contributed by atoms with Crippen LogP contribution in [0.3, 0.4) is 0 Å². The van der Waals surface area contributed by atoms with Crippen LogP contribution in [0.2, 0.25) is 0 Å². The first-order valence-corrected chi connectivity index (χ1v) is 14.9. The van der Waals surface area contributed by atoms with Crippen LogP contribution >= 0.6 is 11.3 Å². The molecule has 1 amide bonds. The van der Waals surface area contributed by atoms with Crippen molar-refractivity contribution in [1.82, 2.24) is 4.98 Å². The predicted octanol–water partition coefficient (Wildman–Crippen LogP) is 4.93. The number of rotatable bonds is 5. The molecule has 1 aromatic carbocycles. The van der Waals surface area contributed by atoms with E-state index in [9.17, 15) is 18.0 Å². The van der Waals surface area contributed by atoms with E-state index in [1.807, 2.05) is 19.1 Å². The van der Waals surface area contributed by atoms with Gasteiger partial charge >= 0.3 is 0 Å². The second-order valence-electron chi connectivity index (χ2n) is 10.7. The summed E-state index contributed by atoms with van der Waals surface area (Å²) >= 11 is 1.47. The molecule has 0 aliphatic heterocycles. The molecule has 0 bridgehead atoms. The second-order valence-corrected chi connectivity index (χ2v) is 13.9. The highest BCUT2D eigenvalue weighted by Crippen LogP contribution is 2.62. The van der Waals surface area contributed by atoms with Gasteiger partial charge in [-0.15, -0.1) is 11.3 Å². The predicted molar refractivity (Wildman–Crippen MR) is 133 cm³/mol. The number of Topliss-reactive ketones (excluding diaryl/α,β-unsaturated/α-hetero) is 1. The number of aryl methyl sites for hydroxylation is 2. The van der Waals surface area contributed by atoms with E-state index in [1.54, 1.807) is 12.3 Å². The smallest absolute Gasteiger partial charge is 0.226 e. The van der Waals surface area contributed by atoms with E-state index >= 15 is 0 Å². The van der Waals surface area contributed by atoms with Gasteiger partial charge in [0.15, 0.2) is 15.0 Å². The average molecular weight is 501 g/mol. The number of carbonyl (C=O) groups excluding carboxylic acids is 2. The van der Waals surface area contributed by atoms with E-state index in [0.29, 0.717) is 46.9 Å². The highest BCUT2D eigenvalue weighted by Gasteiger charge is 2.58. The molecule has 2 saturated carbocycles. The molecule has 5 atom stereocenters. The summed E-state index contributed by atoms with van der Waals surface area (Å²) in [5.74, 6) is 1.56. The fourth-order valence-corrected chi connectivity index (χ4v) is 8.38. The fourth-order valence-electron chi connectivity index (χ4n) is 7.02. The Morgan fingerprint density at radius 2 is 2.09 bits per heavy atom. The molecule has 1 aromatic heterocycles. The number of anilines is 1. The number of fused-ring (bicyclic) bond motifs is 5. The highest BCUT2D eigenvalue weighted by atomic mass is 32.2. The number of carbonyl (C=O) groups is 2. The Morgan fingerprint density at radius 1 is 1.29 bits per heavy atom. The van der Waals surface area contributed by atoms with Crippen LogP contribution in [0.25, 0.3) is 0 Å². The van der Waals surface area contributed by atoms with Gasteiger partial charge in [0.25, 0.3) is 0 Å². The lowest BCUT2D eigenvalue weighted by Gasteiger charge is -2.50. The minimum atomic E-state index is -3.23. The number of hydrogen-bond acceptors (Lipinski definition) is 6. The minimum absolute atomic E-state index is 0.0370. The van der Waals surface area contributed by atoms with Crippen molar-refractivity contribution in [3.63, 3.8) is 0 Å². The van der Waals surface area contributed by atoms with Gasteiger partial charge in [-0.05, 0) is 86.0 Å². The Balaban J connectivity index is 1.35. The highest BCUT2D eigenvalue weighted by molar-refractivity contribution is 7.90. The molecule has 0 saturated heterocycles. The first-order valence-electron chi connectivity index (χ1n) is 12.1. The third-order valence-corrected chi connectivity index (χ3v) is 10.5. The van der Waals surface area contributed by atoms with Gasteiger partial charge in [-0.1, -0.05) is 13.0 Å². The lowest BCUT2D eigenvalue weighted by atomic mass is 9.54. The maximum Gasteiger partial charge on any atom is 0.226 e. The number of aromatic nitrogens is 1. The molecule has 3 aliphatic carbocycles. The number of amides is 1. The van der Waals surface area contributed by atoms with Crippen molar-refractivity contribution in [1.29, 1.82) is 0 Å². The summed E-state index contributed by atoms with van der Waals surface area (Å²) < 4.78 is 24.1. The summed E-state index contributed by atoms with van der Waals surface area (Å²) in [7, 11) is -3.23. The van der Waals surface area contributed by atoms with Crippen LogP contribution in [0.1, 0.15) is 67.4 Å². The van der Waals surface area contributed by atoms with Crippen molar-refractivity contribution in [2.24, 2.45) is 23.2 Å². The van der Waals surface area contributed by atoms with Crippen molar-refractivity contribution in [3.05, 3.63) is 40.4 Å². The minimum Gasteiger partial charge on any atom is -0.302 e. The Bertz CT molecular complexity index is 1250. The third kappa shape index (κ3) is 4.13. The summed E-state index contributed by atoms with van der Waals surface area (Å²) in [5.41, 5.74) is 2.10. The van der Waals surface area contributed by atoms with Gasteiger partial charge in [0.1, 0.15) is 5.78 Å². The normalized spacial score (nSPS) is 30.4. The molecule has 3 aliphatic rings. The molecule has 8 heteroatoms. The summed E-state index contributed by atoms with van der Waals surface area (Å²) in [6.07, 6.45) is 8.33. The van der Waals surface area contributed by atoms with Crippen LogP contribution in [0.4, 0.5) is 5.13 Å². The molecule has 0 radical (unpaired) electrons. The summed E-state index contributed by atoms with van der Waals surface area (Å²) in [6, 6.07) is 5.61. The Labute approximate surface area is 205 Å². The van der Waals surface area contributed by atoms with Crippen molar-refractivity contribution < 1.29 is 18.0 Å². The van der Waals surface area contributed by atoms with Crippen molar-refractivity contribution in [2.75, 3.05) is 11.6 Å². The molecule has 3 unspecified atom stereocenters. The summed E-state index contributed by atoms with van der Waals surface area (Å²) in [4.78, 5) is 31.4. The lowest BCUT2D eigenvalue weighted by molar-refractivity contribution is -0.129. The molecule has 6 nitrogen and oxygen atoms in total. The molecule has 1 heterocycles. The molecule has 1 N–H and O–H groups in total. The third-order valence-electron chi connectivity index (χ3n) is 8.58. The van der Waals surface area contributed by atoms with E-state index in [1.165, 1.54) is 23.2 Å². The number of thiazole rings is 1. The van der Waals surface area contributed by atoms with Crippen LogP contribution in [0, 0.1) is 30.1 Å². The SMILES string of the molecule is Cc1cnc(NC(=O)CC[C@@H]2CC(=O)[C@@]3(C)CCC4c5ccc(S(C)(=O)=O)cc5CCC4C23)s1. The molecular formula is C26H32N2O4S2. The van der Waals surface area contributed by atoms with Gasteiger partial charge in [0, 0.05) is 35.6 Å². The zero-order valence-corrected chi connectivity index (χ0v) is 21.6. The first kappa shape index (κ1) is 23.7. The average Bonchev–Trinajstić information content (AvgIpc) is 3.30. The van der Waals surface area contributed by atoms with Crippen molar-refractivity contribution in [3.8, 4) is 0 Å². The number of ketones is 1. The molecule has 5 rings (SSSR count). The monoisotopic (exact) mass is 500 g/mol. The lowest BCUT2D eigenvalue weighted by Crippen LogP contribution is -2.44. The van der Waals surface area contributed by atoms with E-state index in [2.05, 4.69) is 17.2 Å². The van der Waals surface area contributed by atoms with Crippen molar-refractivity contribution >= 4 is 38.0 Å². The molecular weight excluding hydrogens is 468 g/mol. The van der Waals surface area contributed by atoms with Crippen LogP contribution < -0.4 is 5.32 Å². The largest absolute Gasteiger partial charge is 0.302 e. The topological polar surface area (TPSA) is 93.2 Å². The van der Waals surface area contributed by atoms with Gasteiger partial charge in [-0.2, -0.15) is 0 Å². The van der Waals surface area contributed by atoms with Gasteiger partial charge < -0.3 is 5.32 Å². The van der Waals surface area contributed by atoms with Gasteiger partial charge in [0.2, 0.25) is 5.91 Å². The van der Waals surface area contributed by atoms with Crippen LogP contribution in [0.15, 0.2) is 29.3 Å². The second kappa shape index (κ2) is 8.55. The van der Waals surface area contributed by atoms with E-state index in [0.717, 1.165) is 36.1 Å². The standard InChI is InChI=1S/C26H32N2O4S2/c1-15-14-27-25(33-15)28-23(30)9-5-17-13-22(29)26(2)11-10-20-19-8-6-18(34(3,31)32)12-16(19)4-7-21(20)24(17)26/h6,8,12,14,17,20-21,24H,4-5,7,9-11,13H2,1-3H3,(H,27,28,30)/t17-,20?,21?,24?,26-/m1/s1. The molecule has 2 aromatic rings. The van der Waals surface area contributed by atoms with E-state index in [-0.39, 0.29) is 23.2 Å². The van der Waals surface area contributed by atoms with Crippen LogP contribution in [-0.2, 0) is 25.8 Å². The van der Waals surface area contributed by atoms with Gasteiger partial charge in [-0.25, -0.2) is 13.4 Å². The van der Waals surface area contributed by atoms with Gasteiger partial charge in [-0.3, -0.25) is 9.59 Å². The number of nitrogens with zero attached hydrogens (tertiary/aromatic N) is 1. The molecule has 0 spiro atoms. The summed E-state index contributed by atoms with van der Waals surface area (Å²) in [6.45, 7) is 4.11. The molecule has 34 heavy (non-hydrogen) atoms. The van der Waals surface area contributed by atoms with Crippen molar-refractivity contribution in [2.45, 2.75) is 69.6 Å². The zero-order valence-electron chi connectivity index (χ0n) is 20.0. The maximum atomic E-state index is 13.2. The van der Waals surface area contributed by atoms with Crippen LogP contribution in [-0.4, -0.2) is 31.3 Å². The van der Waals surface area contributed by atoms with E-state index < -0.39 is 9.84 Å². The number of sulfone groups is 1. The number of benzene rings is 1. The molecule has 2 fully saturated rings. The first-order chi connectivity index (χ1) is 16.1. The number of nitrogens with one attached hydrogen (secondary N) is 1. The summed E-state index contributed by atoms with van der Waals surface area (Å²) in [5, 5.41) is 3.53. The Morgan fingerprint density at radius 3 is 2.79 bits per heavy atom. The van der Waals surface area contributed by atoms with Crippen LogP contribution in [0.5, 0.6) is 0 Å². The maximum absolute atomic E-state index is 13.2. The van der Waals surface area contributed by atoms with E-state index in [4.69, 9.17) is 0 Å². The van der Waals surface area contributed by atoms with Gasteiger partial charge in [0.05, 0.1) is 4.90 Å².